The smallest absolute Gasteiger partial charge is 0.261 e. The second-order valence-corrected chi connectivity index (χ2v) is 8.99. The van der Waals surface area contributed by atoms with Gasteiger partial charge in [0, 0.05) is 35.4 Å². The highest BCUT2D eigenvalue weighted by atomic mass is 35.5. The Balaban J connectivity index is 1.72. The van der Waals surface area contributed by atoms with Gasteiger partial charge < -0.3 is 9.64 Å². The predicted octanol–water partition coefficient (Wildman–Crippen LogP) is 4.70. The molecule has 0 aromatic heterocycles. The molecule has 0 atom stereocenters. The van der Waals surface area contributed by atoms with Crippen LogP contribution in [0.2, 0.25) is 5.02 Å². The number of benzene rings is 3. The van der Waals surface area contributed by atoms with E-state index < -0.39 is 26.6 Å². The summed E-state index contributed by atoms with van der Waals surface area (Å²) in [5.41, 5.74) is 1.21. The van der Waals surface area contributed by atoms with Crippen LogP contribution in [0.3, 0.4) is 0 Å². The first-order valence-corrected chi connectivity index (χ1v) is 11.1. The van der Waals surface area contributed by atoms with Gasteiger partial charge in [-0.1, -0.05) is 11.6 Å². The van der Waals surface area contributed by atoms with Crippen LogP contribution in [-0.4, -0.2) is 33.4 Å². The minimum Gasteiger partial charge on any atom is -0.496 e. The Labute approximate surface area is 189 Å². The number of nitrogens with one attached hydrogen (secondary N) is 1. The summed E-state index contributed by atoms with van der Waals surface area (Å²) in [5.74, 6) is -2.13. The fraction of sp³-hybridized carbons (Fsp3) is 0.136. The number of anilines is 1. The summed E-state index contributed by atoms with van der Waals surface area (Å²) < 4.78 is 58.8. The molecule has 3 rings (SSSR count). The van der Waals surface area contributed by atoms with Gasteiger partial charge in [0.2, 0.25) is 0 Å². The molecule has 0 radical (unpaired) electrons. The van der Waals surface area contributed by atoms with Crippen LogP contribution in [0.25, 0.3) is 0 Å². The molecule has 0 saturated carbocycles. The molecule has 0 heterocycles. The number of sulfonamides is 1. The van der Waals surface area contributed by atoms with E-state index in [0.717, 1.165) is 17.7 Å². The van der Waals surface area contributed by atoms with Crippen LogP contribution in [0, 0.1) is 11.6 Å². The molecular weight excluding hydrogens is 462 g/mol. The molecule has 0 saturated heterocycles. The fourth-order valence-electron chi connectivity index (χ4n) is 2.96. The van der Waals surface area contributed by atoms with Gasteiger partial charge in [-0.15, -0.1) is 0 Å². The number of rotatable bonds is 7. The van der Waals surface area contributed by atoms with E-state index in [0.29, 0.717) is 22.4 Å². The van der Waals surface area contributed by atoms with Crippen LogP contribution in [0.15, 0.2) is 65.6 Å². The van der Waals surface area contributed by atoms with Crippen LogP contribution in [0.5, 0.6) is 5.75 Å². The quantitative estimate of drug-likeness (QED) is 0.532. The van der Waals surface area contributed by atoms with Gasteiger partial charge in [0.15, 0.2) is 11.6 Å². The molecule has 0 aliphatic heterocycles. The zero-order valence-corrected chi connectivity index (χ0v) is 18.7. The van der Waals surface area contributed by atoms with Crippen molar-refractivity contribution >= 4 is 33.2 Å². The normalized spacial score (nSPS) is 11.2. The number of hydrogen-bond donors (Lipinski definition) is 1. The van der Waals surface area contributed by atoms with E-state index in [9.17, 15) is 22.0 Å². The monoisotopic (exact) mass is 480 g/mol. The van der Waals surface area contributed by atoms with E-state index in [1.807, 2.05) is 0 Å². The molecule has 168 valence electrons. The molecule has 10 heteroatoms. The number of hydrogen-bond acceptors (Lipinski definition) is 4. The molecule has 0 fully saturated rings. The van der Waals surface area contributed by atoms with Crippen molar-refractivity contribution in [2.75, 3.05) is 18.9 Å². The Hall–Kier alpha value is -3.17. The minimum absolute atomic E-state index is 0.158. The average Bonchev–Trinajstić information content (AvgIpc) is 2.75. The number of carbonyl (C=O) groups excluding carboxylic acids is 1. The van der Waals surface area contributed by atoms with Crippen molar-refractivity contribution in [3.8, 4) is 5.75 Å². The zero-order valence-electron chi connectivity index (χ0n) is 17.1. The van der Waals surface area contributed by atoms with Crippen molar-refractivity contribution in [2.24, 2.45) is 0 Å². The highest BCUT2D eigenvalue weighted by Gasteiger charge is 2.18. The molecule has 0 unspecified atom stereocenters. The lowest BCUT2D eigenvalue weighted by molar-refractivity contribution is 0.0784. The lowest BCUT2D eigenvalue weighted by Gasteiger charge is -2.19. The highest BCUT2D eigenvalue weighted by molar-refractivity contribution is 7.92. The van der Waals surface area contributed by atoms with E-state index >= 15 is 0 Å². The number of halogens is 3. The Kier molecular flexibility index (Phi) is 7.00. The molecule has 0 spiro atoms. The summed E-state index contributed by atoms with van der Waals surface area (Å²) in [6.45, 7) is 0.243. The van der Waals surface area contributed by atoms with E-state index in [1.165, 1.54) is 36.3 Å². The summed E-state index contributed by atoms with van der Waals surface area (Å²) in [7, 11) is -0.997. The molecule has 0 aliphatic carbocycles. The molecule has 6 nitrogen and oxygen atoms in total. The first-order chi connectivity index (χ1) is 15.1. The number of ether oxygens (including phenoxy) is 1. The molecule has 1 amide bonds. The van der Waals surface area contributed by atoms with E-state index in [-0.39, 0.29) is 18.1 Å². The SMILES string of the molecule is COc1ccc(Cl)cc1CN(C)C(=O)c1ccc(NS(=O)(=O)c2ccc(F)c(F)c2)cc1. The third kappa shape index (κ3) is 5.35. The molecule has 1 N–H and O–H groups in total. The van der Waals surface area contributed by atoms with Crippen LogP contribution >= 0.6 is 11.6 Å². The number of nitrogens with zero attached hydrogens (tertiary/aromatic N) is 1. The summed E-state index contributed by atoms with van der Waals surface area (Å²) in [5, 5.41) is 0.513. The standard InChI is InChI=1S/C22H19ClF2N2O4S/c1-27(13-15-11-16(23)5-10-21(15)31-2)22(28)14-3-6-17(7-4-14)26-32(29,30)18-8-9-19(24)20(25)12-18/h3-12,26H,13H2,1-2H3. The molecule has 0 aliphatic rings. The maximum atomic E-state index is 13.4. The highest BCUT2D eigenvalue weighted by Crippen LogP contribution is 2.25. The summed E-state index contributed by atoms with van der Waals surface area (Å²) in [6, 6.07) is 13.1. The first-order valence-electron chi connectivity index (χ1n) is 9.26. The predicted molar refractivity (Wildman–Crippen MR) is 117 cm³/mol. The van der Waals surface area contributed by atoms with Gasteiger partial charge in [-0.05, 0) is 60.7 Å². The third-order valence-electron chi connectivity index (χ3n) is 4.58. The van der Waals surface area contributed by atoms with E-state index in [4.69, 9.17) is 16.3 Å². The van der Waals surface area contributed by atoms with Gasteiger partial charge in [-0.3, -0.25) is 9.52 Å². The number of carbonyl (C=O) groups is 1. The van der Waals surface area contributed by atoms with Crippen molar-refractivity contribution in [1.29, 1.82) is 0 Å². The van der Waals surface area contributed by atoms with Gasteiger partial charge in [0.1, 0.15) is 5.75 Å². The summed E-state index contributed by atoms with van der Waals surface area (Å²) in [6.07, 6.45) is 0. The summed E-state index contributed by atoms with van der Waals surface area (Å²) >= 11 is 6.03. The third-order valence-corrected chi connectivity index (χ3v) is 6.20. The van der Waals surface area contributed by atoms with Crippen LogP contribution in [0.4, 0.5) is 14.5 Å². The molecule has 32 heavy (non-hydrogen) atoms. The Morgan fingerprint density at radius 1 is 1.03 bits per heavy atom. The van der Waals surface area contributed by atoms with Gasteiger partial charge in [-0.25, -0.2) is 17.2 Å². The van der Waals surface area contributed by atoms with Crippen LogP contribution < -0.4 is 9.46 Å². The second kappa shape index (κ2) is 9.54. The lowest BCUT2D eigenvalue weighted by atomic mass is 10.1. The Morgan fingerprint density at radius 2 is 1.72 bits per heavy atom. The van der Waals surface area contributed by atoms with Gasteiger partial charge in [0.25, 0.3) is 15.9 Å². The number of amides is 1. The average molecular weight is 481 g/mol. The second-order valence-electron chi connectivity index (χ2n) is 6.88. The van der Waals surface area contributed by atoms with Gasteiger partial charge in [0.05, 0.1) is 12.0 Å². The van der Waals surface area contributed by atoms with Crippen molar-refractivity contribution in [3.05, 3.63) is 88.4 Å². The maximum absolute atomic E-state index is 13.4. The molecule has 3 aromatic rings. The van der Waals surface area contributed by atoms with Crippen molar-refractivity contribution in [1.82, 2.24) is 4.90 Å². The largest absolute Gasteiger partial charge is 0.496 e. The Morgan fingerprint density at radius 3 is 2.34 bits per heavy atom. The Bertz CT molecular complexity index is 1250. The van der Waals surface area contributed by atoms with Crippen molar-refractivity contribution < 1.29 is 26.7 Å². The van der Waals surface area contributed by atoms with E-state index in [1.54, 1.807) is 25.2 Å². The van der Waals surface area contributed by atoms with Crippen LogP contribution in [0.1, 0.15) is 15.9 Å². The summed E-state index contributed by atoms with van der Waals surface area (Å²) in [4.78, 5) is 13.8. The zero-order chi connectivity index (χ0) is 23.5. The van der Waals surface area contributed by atoms with Crippen LogP contribution in [-0.2, 0) is 16.6 Å². The number of methoxy groups -OCH3 is 1. The minimum atomic E-state index is -4.13. The topological polar surface area (TPSA) is 75.7 Å². The maximum Gasteiger partial charge on any atom is 0.261 e. The van der Waals surface area contributed by atoms with Crippen molar-refractivity contribution in [3.63, 3.8) is 0 Å². The molecular formula is C22H19ClF2N2O4S. The first kappa shape index (κ1) is 23.5. The molecule has 0 bridgehead atoms. The van der Waals surface area contributed by atoms with Gasteiger partial charge >= 0.3 is 0 Å². The molecule has 3 aromatic carbocycles. The fourth-order valence-corrected chi connectivity index (χ4v) is 4.22. The van der Waals surface area contributed by atoms with E-state index in [2.05, 4.69) is 4.72 Å². The van der Waals surface area contributed by atoms with Crippen molar-refractivity contribution in [2.45, 2.75) is 11.4 Å². The van der Waals surface area contributed by atoms with Gasteiger partial charge in [-0.2, -0.15) is 0 Å². The lowest BCUT2D eigenvalue weighted by Crippen LogP contribution is -2.26.